The van der Waals surface area contributed by atoms with Gasteiger partial charge in [0, 0.05) is 0 Å². The molecule has 0 saturated carbocycles. The van der Waals surface area contributed by atoms with E-state index in [1.165, 1.54) is 3.07 Å². The van der Waals surface area contributed by atoms with E-state index in [2.05, 4.69) is 17.1 Å². The van der Waals surface area contributed by atoms with Gasteiger partial charge in [0.15, 0.2) is 0 Å². The van der Waals surface area contributed by atoms with Crippen LogP contribution in [0.1, 0.15) is 0 Å². The Labute approximate surface area is 94.0 Å². The summed E-state index contributed by atoms with van der Waals surface area (Å²) in [6, 6.07) is 10.1. The number of benzene rings is 1. The topological polar surface area (TPSA) is 26.0 Å². The predicted molar refractivity (Wildman–Crippen MR) is 50.5 cm³/mol. The number of hydrogen-bond acceptors (Lipinski definition) is 2. The van der Waals surface area contributed by atoms with Crippen LogP contribution >= 0.6 is 11.9 Å². The maximum absolute atomic E-state index is 5.22. The molecule has 0 bridgehead atoms. The van der Waals surface area contributed by atoms with Crippen molar-refractivity contribution in [2.45, 2.75) is 0 Å². The van der Waals surface area contributed by atoms with E-state index in [1.54, 1.807) is 0 Å². The first-order valence-electron chi connectivity index (χ1n) is 3.97. The summed E-state index contributed by atoms with van der Waals surface area (Å²) < 4.78 is 6.51. The van der Waals surface area contributed by atoms with E-state index in [1.807, 2.05) is 36.5 Å². The van der Waals surface area contributed by atoms with Gasteiger partial charge in [-0.25, -0.2) is 0 Å². The third-order valence-corrected chi connectivity index (χ3v) is 10.2. The summed E-state index contributed by atoms with van der Waals surface area (Å²) in [6.45, 7) is 0. The Hall–Kier alpha value is -0.155. The van der Waals surface area contributed by atoms with Crippen LogP contribution in [-0.4, -0.2) is 5.16 Å². The van der Waals surface area contributed by atoms with Crippen molar-refractivity contribution in [3.8, 4) is 11.3 Å². The quantitative estimate of drug-likeness (QED) is 0.692. The average Bonchev–Trinajstić information content (AvgIpc) is 2.67. The molecule has 1 aromatic carbocycles. The first kappa shape index (κ1) is 9.40. The van der Waals surface area contributed by atoms with Crippen LogP contribution < -0.4 is 3.07 Å². The second kappa shape index (κ2) is 4.37. The maximum atomic E-state index is 5.22. The van der Waals surface area contributed by atoms with Crippen molar-refractivity contribution in [1.82, 2.24) is 5.16 Å². The zero-order chi connectivity index (χ0) is 9.10. The molecule has 0 unspecified atom stereocenters. The van der Waals surface area contributed by atoms with Crippen molar-refractivity contribution in [3.05, 3.63) is 36.5 Å². The number of halogens is 1. The van der Waals surface area contributed by atoms with Gasteiger partial charge in [-0.05, 0) is 0 Å². The Balaban J connectivity index is 2.47. The summed E-state index contributed by atoms with van der Waals surface area (Å²) in [5, 5.41) is 3.82. The van der Waals surface area contributed by atoms with Gasteiger partial charge >= 0.3 is 94.7 Å². The second-order valence-corrected chi connectivity index (χ2v) is 11.6. The fraction of sp³-hybridized carbons (Fsp3) is 0. The molecule has 0 fully saturated rings. The molecular formula is C9H6BrHgNO. The normalized spacial score (nSPS) is 9.62. The van der Waals surface area contributed by atoms with Crippen molar-refractivity contribution >= 4 is 15.0 Å². The fourth-order valence-corrected chi connectivity index (χ4v) is 6.76. The first-order valence-corrected chi connectivity index (χ1v) is 18.6. The van der Waals surface area contributed by atoms with Crippen LogP contribution in [0.25, 0.3) is 11.3 Å². The van der Waals surface area contributed by atoms with E-state index < -0.39 is 22.1 Å². The van der Waals surface area contributed by atoms with Crippen molar-refractivity contribution in [2.75, 3.05) is 0 Å². The van der Waals surface area contributed by atoms with E-state index in [9.17, 15) is 0 Å². The van der Waals surface area contributed by atoms with Crippen LogP contribution in [0.15, 0.2) is 41.1 Å². The molecule has 0 atom stereocenters. The van der Waals surface area contributed by atoms with Crippen LogP contribution in [-0.2, 0) is 22.1 Å². The van der Waals surface area contributed by atoms with E-state index in [4.69, 9.17) is 4.52 Å². The Morgan fingerprint density at radius 2 is 2.00 bits per heavy atom. The number of aromatic nitrogens is 1. The SMILES string of the molecule is [Br][Hg][c]1cnoc1-c1ccccc1. The number of hydrogen-bond donors (Lipinski definition) is 0. The Morgan fingerprint density at radius 1 is 1.23 bits per heavy atom. The van der Waals surface area contributed by atoms with Gasteiger partial charge in [0.1, 0.15) is 0 Å². The third-order valence-electron chi connectivity index (χ3n) is 1.82. The Morgan fingerprint density at radius 3 is 2.69 bits per heavy atom. The minimum atomic E-state index is -1.07. The van der Waals surface area contributed by atoms with E-state index in [0.717, 1.165) is 11.3 Å². The Kier molecular flexibility index (Phi) is 3.16. The van der Waals surface area contributed by atoms with Crippen LogP contribution in [0, 0.1) is 0 Å². The Bertz CT molecular complexity index is 388. The molecule has 2 nitrogen and oxygen atoms in total. The summed E-state index contributed by atoms with van der Waals surface area (Å²) in [6.07, 6.45) is 1.83. The molecule has 2 rings (SSSR count). The van der Waals surface area contributed by atoms with Crippen LogP contribution in [0.3, 0.4) is 0 Å². The molecule has 0 spiro atoms. The van der Waals surface area contributed by atoms with Gasteiger partial charge in [0.05, 0.1) is 0 Å². The van der Waals surface area contributed by atoms with Gasteiger partial charge in [-0.1, -0.05) is 0 Å². The summed E-state index contributed by atoms with van der Waals surface area (Å²) >= 11 is 2.54. The number of rotatable bonds is 2. The zero-order valence-electron chi connectivity index (χ0n) is 6.90. The van der Waals surface area contributed by atoms with E-state index >= 15 is 0 Å². The van der Waals surface area contributed by atoms with Crippen LogP contribution in [0.2, 0.25) is 0 Å². The van der Waals surface area contributed by atoms with Gasteiger partial charge in [-0.15, -0.1) is 0 Å². The zero-order valence-corrected chi connectivity index (χ0v) is 14.0. The third kappa shape index (κ3) is 2.02. The molecule has 4 heteroatoms. The molecular weight excluding hydrogens is 419 g/mol. The van der Waals surface area contributed by atoms with Gasteiger partial charge in [-0.3, -0.25) is 0 Å². The molecule has 0 N–H and O–H groups in total. The van der Waals surface area contributed by atoms with Crippen molar-refractivity contribution in [1.29, 1.82) is 0 Å². The van der Waals surface area contributed by atoms with Crippen molar-refractivity contribution < 1.29 is 26.7 Å². The molecule has 13 heavy (non-hydrogen) atoms. The van der Waals surface area contributed by atoms with E-state index in [0.29, 0.717) is 0 Å². The molecule has 0 aliphatic heterocycles. The summed E-state index contributed by atoms with van der Waals surface area (Å²) in [5.41, 5.74) is 1.12. The molecule has 0 aliphatic rings. The monoisotopic (exact) mass is 425 g/mol. The van der Waals surface area contributed by atoms with E-state index in [-0.39, 0.29) is 0 Å². The molecule has 1 heterocycles. The van der Waals surface area contributed by atoms with Crippen LogP contribution in [0.5, 0.6) is 0 Å². The molecule has 0 saturated heterocycles. The fourth-order valence-electron chi connectivity index (χ4n) is 1.18. The second-order valence-electron chi connectivity index (χ2n) is 2.68. The molecule has 0 amide bonds. The van der Waals surface area contributed by atoms with Crippen molar-refractivity contribution in [3.63, 3.8) is 0 Å². The molecule has 62 valence electrons. The van der Waals surface area contributed by atoms with Gasteiger partial charge < -0.3 is 0 Å². The standard InChI is InChI=1S/C9H6NO.BrH.Hg/c1-2-4-8(5-3-1)9-6-7-10-11-9;;/h1-5,7H;1H;/q;;+1/p-1. The van der Waals surface area contributed by atoms with Gasteiger partial charge in [0.25, 0.3) is 0 Å². The summed E-state index contributed by atoms with van der Waals surface area (Å²) in [5.74, 6) is 0.944. The molecule has 2 aromatic rings. The molecule has 0 radical (unpaired) electrons. The average molecular weight is 425 g/mol. The molecule has 1 aromatic heterocycles. The molecule has 0 aliphatic carbocycles. The minimum absolute atomic E-state index is 0.944. The summed E-state index contributed by atoms with van der Waals surface area (Å²) in [4.78, 5) is 0. The van der Waals surface area contributed by atoms with Gasteiger partial charge in [-0.2, -0.15) is 0 Å². The first-order chi connectivity index (χ1) is 6.42. The summed E-state index contributed by atoms with van der Waals surface area (Å²) in [7, 11) is 0. The van der Waals surface area contributed by atoms with Crippen molar-refractivity contribution in [2.24, 2.45) is 0 Å². The van der Waals surface area contributed by atoms with Gasteiger partial charge in [0.2, 0.25) is 0 Å². The van der Waals surface area contributed by atoms with Crippen LogP contribution in [0.4, 0.5) is 0 Å². The number of nitrogens with zero attached hydrogens (tertiary/aromatic N) is 1. The predicted octanol–water partition coefficient (Wildman–Crippen LogP) is 2.36.